The lowest BCUT2D eigenvalue weighted by Crippen LogP contribution is -2.48. The molecular weight excluding hydrogens is 414 g/mol. The number of amidine groups is 1. The first kappa shape index (κ1) is 22.7. The van der Waals surface area contributed by atoms with E-state index in [1.807, 2.05) is 25.1 Å². The topological polar surface area (TPSA) is 44.7 Å². The first-order chi connectivity index (χ1) is 15.1. The highest BCUT2D eigenvalue weighted by Gasteiger charge is 2.36. The number of anilines is 1. The molecule has 0 saturated carbocycles. The Morgan fingerprint density at radius 2 is 1.94 bits per heavy atom. The van der Waals surface area contributed by atoms with Crippen LogP contribution in [0.1, 0.15) is 67.9 Å². The lowest BCUT2D eigenvalue weighted by molar-refractivity contribution is -0.115. The second-order valence-corrected chi connectivity index (χ2v) is 10.7. The van der Waals surface area contributed by atoms with E-state index in [0.717, 1.165) is 29.8 Å². The van der Waals surface area contributed by atoms with Crippen LogP contribution in [0.2, 0.25) is 0 Å². The van der Waals surface area contributed by atoms with E-state index in [9.17, 15) is 4.79 Å². The molecule has 2 aliphatic heterocycles. The second-order valence-electron chi connectivity index (χ2n) is 9.70. The molecule has 1 atom stereocenters. The minimum Gasteiger partial charge on any atom is -0.366 e. The van der Waals surface area contributed by atoms with E-state index in [4.69, 9.17) is 0 Å². The van der Waals surface area contributed by atoms with Crippen molar-refractivity contribution in [2.75, 3.05) is 11.4 Å². The van der Waals surface area contributed by atoms with Crippen LogP contribution in [0.5, 0.6) is 0 Å². The van der Waals surface area contributed by atoms with Gasteiger partial charge in [0.25, 0.3) is 5.91 Å². The number of aliphatic imine (C=N–C) groups is 1. The lowest BCUT2D eigenvalue weighted by Gasteiger charge is -2.47. The number of thioether (sulfide) groups is 1. The van der Waals surface area contributed by atoms with E-state index in [2.05, 4.69) is 75.0 Å². The van der Waals surface area contributed by atoms with Gasteiger partial charge >= 0.3 is 0 Å². The van der Waals surface area contributed by atoms with Gasteiger partial charge in [-0.15, -0.1) is 0 Å². The molecule has 0 radical (unpaired) electrons. The van der Waals surface area contributed by atoms with E-state index in [-0.39, 0.29) is 11.4 Å². The highest BCUT2D eigenvalue weighted by Crippen LogP contribution is 2.44. The van der Waals surface area contributed by atoms with Crippen molar-refractivity contribution in [3.63, 3.8) is 0 Å². The zero-order chi connectivity index (χ0) is 23.2. The van der Waals surface area contributed by atoms with Crippen molar-refractivity contribution in [3.05, 3.63) is 63.1 Å². The molecule has 0 aliphatic carbocycles. The molecule has 2 aliphatic rings. The van der Waals surface area contributed by atoms with Gasteiger partial charge in [0.1, 0.15) is 0 Å². The van der Waals surface area contributed by atoms with Crippen molar-refractivity contribution >= 4 is 40.3 Å². The molecule has 1 fully saturated rings. The molecule has 0 aromatic heterocycles. The zero-order valence-corrected chi connectivity index (χ0v) is 21.0. The van der Waals surface area contributed by atoms with Crippen LogP contribution < -0.4 is 10.2 Å². The number of amides is 1. The summed E-state index contributed by atoms with van der Waals surface area (Å²) in [7, 11) is 0. The van der Waals surface area contributed by atoms with Gasteiger partial charge in [0, 0.05) is 17.8 Å². The Bertz CT molecular complexity index is 1150. The van der Waals surface area contributed by atoms with Crippen LogP contribution in [0.25, 0.3) is 6.08 Å². The van der Waals surface area contributed by atoms with Crippen LogP contribution in [0.15, 0.2) is 40.2 Å². The molecule has 168 valence electrons. The largest absolute Gasteiger partial charge is 0.366 e. The second kappa shape index (κ2) is 8.43. The van der Waals surface area contributed by atoms with Crippen molar-refractivity contribution < 1.29 is 4.79 Å². The Hall–Kier alpha value is -2.53. The molecule has 32 heavy (non-hydrogen) atoms. The third kappa shape index (κ3) is 4.23. The maximum absolute atomic E-state index is 12.7. The molecule has 2 aromatic carbocycles. The number of aryl methyl sites for hydroxylation is 3. The Labute approximate surface area is 196 Å². The van der Waals surface area contributed by atoms with Crippen molar-refractivity contribution in [2.24, 2.45) is 4.99 Å². The van der Waals surface area contributed by atoms with Crippen LogP contribution >= 0.6 is 11.8 Å². The molecule has 1 N–H and O–H groups in total. The van der Waals surface area contributed by atoms with Gasteiger partial charge in [0.15, 0.2) is 5.17 Å². The van der Waals surface area contributed by atoms with Gasteiger partial charge in [-0.1, -0.05) is 24.6 Å². The lowest BCUT2D eigenvalue weighted by atomic mass is 9.79. The maximum Gasteiger partial charge on any atom is 0.264 e. The summed E-state index contributed by atoms with van der Waals surface area (Å²) < 4.78 is 0. The molecule has 0 bridgehead atoms. The molecule has 0 spiro atoms. The molecule has 2 aromatic rings. The van der Waals surface area contributed by atoms with Gasteiger partial charge in [0.05, 0.1) is 10.6 Å². The average molecular weight is 448 g/mol. The molecule has 2 heterocycles. The van der Waals surface area contributed by atoms with Crippen molar-refractivity contribution in [1.82, 2.24) is 5.32 Å². The van der Waals surface area contributed by atoms with Gasteiger partial charge in [-0.2, -0.15) is 0 Å². The number of rotatable bonds is 3. The number of hydrogen-bond donors (Lipinski definition) is 1. The van der Waals surface area contributed by atoms with Crippen LogP contribution in [0.4, 0.5) is 11.4 Å². The smallest absolute Gasteiger partial charge is 0.264 e. The Balaban J connectivity index is 1.67. The molecule has 1 amide bonds. The Kier molecular flexibility index (Phi) is 5.97. The predicted molar refractivity (Wildman–Crippen MR) is 138 cm³/mol. The highest BCUT2D eigenvalue weighted by molar-refractivity contribution is 8.18. The van der Waals surface area contributed by atoms with Crippen LogP contribution in [-0.2, 0) is 4.79 Å². The Morgan fingerprint density at radius 1 is 1.19 bits per heavy atom. The number of fused-ring (bicyclic) bond motifs is 1. The number of nitrogens with zero attached hydrogens (tertiary/aromatic N) is 2. The summed E-state index contributed by atoms with van der Waals surface area (Å²) in [5.74, 6) is 0.396. The number of benzene rings is 2. The van der Waals surface area contributed by atoms with Crippen molar-refractivity contribution in [2.45, 2.75) is 66.3 Å². The van der Waals surface area contributed by atoms with Gasteiger partial charge < -0.3 is 10.2 Å². The van der Waals surface area contributed by atoms with Crippen LogP contribution in [0, 0.1) is 20.8 Å². The molecule has 0 unspecified atom stereocenters. The average Bonchev–Trinajstić information content (AvgIpc) is 3.04. The fourth-order valence-corrected chi connectivity index (χ4v) is 5.89. The molecule has 4 rings (SSSR count). The third-order valence-electron chi connectivity index (χ3n) is 6.60. The van der Waals surface area contributed by atoms with Crippen molar-refractivity contribution in [3.8, 4) is 0 Å². The van der Waals surface area contributed by atoms with E-state index >= 15 is 0 Å². The monoisotopic (exact) mass is 447 g/mol. The molecule has 1 saturated heterocycles. The number of nitrogens with one attached hydrogen (secondary N) is 1. The van der Waals surface area contributed by atoms with Gasteiger partial charge in [-0.25, -0.2) is 4.99 Å². The van der Waals surface area contributed by atoms with E-state index in [1.165, 1.54) is 34.1 Å². The third-order valence-corrected chi connectivity index (χ3v) is 7.51. The predicted octanol–water partition coefficient (Wildman–Crippen LogP) is 6.62. The summed E-state index contributed by atoms with van der Waals surface area (Å²) in [6.45, 7) is 16.4. The fraction of sp³-hybridized carbons (Fsp3) is 0.407. The first-order valence-electron chi connectivity index (χ1n) is 11.4. The maximum atomic E-state index is 12.7. The zero-order valence-electron chi connectivity index (χ0n) is 20.2. The standard InChI is InChI=1S/C27H33N3OS/c1-8-30-23-12-17(3)20(13-21(23)19(5)15-27(30,6)7)14-24-25(31)29-26(32-24)28-22-10-9-16(2)11-18(22)4/h9-14,19H,8,15H2,1-7H3,(H,28,29,31)/b24-14-/t19-/m0/s1. The minimum absolute atomic E-state index is 0.0833. The first-order valence-corrected chi connectivity index (χ1v) is 12.2. The highest BCUT2D eigenvalue weighted by atomic mass is 32.2. The Morgan fingerprint density at radius 3 is 2.62 bits per heavy atom. The van der Waals surface area contributed by atoms with E-state index in [0.29, 0.717) is 16.0 Å². The summed E-state index contributed by atoms with van der Waals surface area (Å²) in [4.78, 5) is 20.6. The number of carbonyl (C=O) groups is 1. The molecule has 5 heteroatoms. The number of hydrogen-bond acceptors (Lipinski definition) is 4. The van der Waals surface area contributed by atoms with Crippen LogP contribution in [-0.4, -0.2) is 23.2 Å². The van der Waals surface area contributed by atoms with Gasteiger partial charge in [0.2, 0.25) is 0 Å². The summed E-state index contributed by atoms with van der Waals surface area (Å²) >= 11 is 1.41. The van der Waals surface area contributed by atoms with Crippen LogP contribution in [0.3, 0.4) is 0 Å². The van der Waals surface area contributed by atoms with Gasteiger partial charge in [-0.05, 0) is 112 Å². The molecular formula is C27H33N3OS. The summed E-state index contributed by atoms with van der Waals surface area (Å²) in [5, 5.41) is 3.56. The fourth-order valence-electron chi connectivity index (χ4n) is 5.07. The van der Waals surface area contributed by atoms with Gasteiger partial charge in [-0.3, -0.25) is 4.79 Å². The number of carbonyl (C=O) groups excluding carboxylic acids is 1. The summed E-state index contributed by atoms with van der Waals surface area (Å²) in [6.07, 6.45) is 3.14. The SMILES string of the molecule is CCN1c2cc(C)c(/C=C3\SC(=Nc4ccc(C)cc4C)NC3=O)cc2[C@@H](C)CC1(C)C. The van der Waals surface area contributed by atoms with E-state index < -0.39 is 0 Å². The molecule has 4 nitrogen and oxygen atoms in total. The minimum atomic E-state index is -0.0833. The normalized spacial score (nSPS) is 22.4. The summed E-state index contributed by atoms with van der Waals surface area (Å²) in [5.41, 5.74) is 8.34. The summed E-state index contributed by atoms with van der Waals surface area (Å²) in [6, 6.07) is 10.7. The quantitative estimate of drug-likeness (QED) is 0.538. The van der Waals surface area contributed by atoms with E-state index in [1.54, 1.807) is 0 Å². The van der Waals surface area contributed by atoms with Crippen molar-refractivity contribution in [1.29, 1.82) is 0 Å².